The van der Waals surface area contributed by atoms with Gasteiger partial charge in [-0.3, -0.25) is 0 Å². The van der Waals surface area contributed by atoms with Crippen LogP contribution in [0.4, 0.5) is 0 Å². The Hall–Kier alpha value is -1.66. The van der Waals surface area contributed by atoms with Gasteiger partial charge in [0.15, 0.2) is 6.39 Å². The predicted octanol–water partition coefficient (Wildman–Crippen LogP) is 2.12. The maximum atomic E-state index is 12.4. The van der Waals surface area contributed by atoms with Gasteiger partial charge in [-0.1, -0.05) is 17.7 Å². The summed E-state index contributed by atoms with van der Waals surface area (Å²) in [6.45, 7) is 5.87. The summed E-state index contributed by atoms with van der Waals surface area (Å²) in [6.07, 6.45) is 3.34. The highest BCUT2D eigenvalue weighted by molar-refractivity contribution is 7.89. The lowest BCUT2D eigenvalue weighted by Crippen LogP contribution is -2.27. The number of nitrogens with zero attached hydrogens (tertiary/aromatic N) is 1. The van der Waals surface area contributed by atoms with Gasteiger partial charge in [-0.15, -0.1) is 0 Å². The minimum absolute atomic E-state index is 0.293. The molecule has 2 rings (SSSR count). The first kappa shape index (κ1) is 14.7. The molecule has 0 bridgehead atoms. The molecular weight excluding hydrogens is 276 g/mol. The predicted molar refractivity (Wildman–Crippen MR) is 76.0 cm³/mol. The number of hydrogen-bond acceptors (Lipinski definition) is 4. The van der Waals surface area contributed by atoms with Crippen molar-refractivity contribution in [3.63, 3.8) is 0 Å². The lowest BCUT2D eigenvalue weighted by molar-refractivity contribution is 0.555. The molecule has 0 spiro atoms. The number of aromatic nitrogens is 1. The van der Waals surface area contributed by atoms with Crippen LogP contribution in [-0.4, -0.2) is 19.9 Å². The number of hydrogen-bond donors (Lipinski definition) is 1. The monoisotopic (exact) mass is 294 g/mol. The largest absolute Gasteiger partial charge is 0.451 e. The van der Waals surface area contributed by atoms with E-state index in [0.29, 0.717) is 17.9 Å². The molecule has 1 N–H and O–H groups in total. The van der Waals surface area contributed by atoms with Gasteiger partial charge in [0, 0.05) is 13.0 Å². The smallest absolute Gasteiger partial charge is 0.241 e. The molecule has 0 unspecified atom stereocenters. The summed E-state index contributed by atoms with van der Waals surface area (Å²) in [7, 11) is -3.50. The second-order valence-corrected chi connectivity index (χ2v) is 6.56. The van der Waals surface area contributed by atoms with Gasteiger partial charge in [0.05, 0.1) is 10.6 Å². The van der Waals surface area contributed by atoms with E-state index < -0.39 is 10.0 Å². The van der Waals surface area contributed by atoms with Crippen LogP contribution in [0.15, 0.2) is 34.1 Å². The van der Waals surface area contributed by atoms with E-state index in [9.17, 15) is 8.42 Å². The zero-order valence-corrected chi connectivity index (χ0v) is 12.6. The van der Waals surface area contributed by atoms with Crippen molar-refractivity contribution in [1.82, 2.24) is 9.71 Å². The van der Waals surface area contributed by atoms with Crippen LogP contribution < -0.4 is 4.72 Å². The van der Waals surface area contributed by atoms with E-state index in [2.05, 4.69) is 9.71 Å². The number of benzene rings is 1. The molecule has 0 radical (unpaired) electrons. The summed E-state index contributed by atoms with van der Waals surface area (Å²) in [6, 6.07) is 3.75. The molecule has 0 aliphatic rings. The molecule has 5 nitrogen and oxygen atoms in total. The van der Waals surface area contributed by atoms with E-state index in [1.54, 1.807) is 0 Å². The molecule has 2 aromatic rings. The van der Waals surface area contributed by atoms with Crippen molar-refractivity contribution >= 4 is 10.0 Å². The molecule has 0 saturated heterocycles. The van der Waals surface area contributed by atoms with Crippen LogP contribution in [0.5, 0.6) is 0 Å². The minimum Gasteiger partial charge on any atom is -0.451 e. The van der Waals surface area contributed by atoms with Crippen LogP contribution in [0, 0.1) is 20.8 Å². The first-order valence-electron chi connectivity index (χ1n) is 6.35. The van der Waals surface area contributed by atoms with Gasteiger partial charge in [0.2, 0.25) is 10.0 Å². The molecule has 0 saturated carbocycles. The molecule has 0 aliphatic heterocycles. The summed E-state index contributed by atoms with van der Waals surface area (Å²) in [4.78, 5) is 4.32. The van der Waals surface area contributed by atoms with Crippen LogP contribution in [-0.2, 0) is 16.4 Å². The van der Waals surface area contributed by atoms with E-state index >= 15 is 0 Å². The highest BCUT2D eigenvalue weighted by Gasteiger charge is 2.19. The van der Waals surface area contributed by atoms with E-state index in [1.165, 1.54) is 12.7 Å². The lowest BCUT2D eigenvalue weighted by Gasteiger charge is -2.12. The number of sulfonamides is 1. The molecular formula is C14H18N2O3S. The van der Waals surface area contributed by atoms with Crippen LogP contribution in [0.25, 0.3) is 0 Å². The topological polar surface area (TPSA) is 72.2 Å². The maximum Gasteiger partial charge on any atom is 0.241 e. The van der Waals surface area contributed by atoms with Crippen molar-refractivity contribution in [3.8, 4) is 0 Å². The normalized spacial score (nSPS) is 11.8. The third-order valence-corrected chi connectivity index (χ3v) is 4.80. The van der Waals surface area contributed by atoms with Crippen molar-refractivity contribution in [2.45, 2.75) is 32.1 Å². The van der Waals surface area contributed by atoms with Gasteiger partial charge in [-0.25, -0.2) is 18.1 Å². The van der Waals surface area contributed by atoms with Crippen molar-refractivity contribution in [2.24, 2.45) is 0 Å². The molecule has 0 atom stereocenters. The highest BCUT2D eigenvalue weighted by Crippen LogP contribution is 2.21. The highest BCUT2D eigenvalue weighted by atomic mass is 32.2. The Kier molecular flexibility index (Phi) is 4.25. The average Bonchev–Trinajstić information content (AvgIpc) is 2.79. The minimum atomic E-state index is -3.50. The zero-order valence-electron chi connectivity index (χ0n) is 11.8. The van der Waals surface area contributed by atoms with Gasteiger partial charge in [0.1, 0.15) is 6.26 Å². The summed E-state index contributed by atoms with van der Waals surface area (Å²) in [5, 5.41) is 0. The van der Waals surface area contributed by atoms with E-state index in [1.807, 2.05) is 32.9 Å². The Labute approximate surface area is 119 Å². The second-order valence-electron chi connectivity index (χ2n) is 4.86. The third kappa shape index (κ3) is 3.26. The first-order chi connectivity index (χ1) is 9.40. The lowest BCUT2D eigenvalue weighted by atomic mass is 10.1. The molecule has 20 heavy (non-hydrogen) atoms. The van der Waals surface area contributed by atoms with E-state index in [-0.39, 0.29) is 0 Å². The van der Waals surface area contributed by atoms with E-state index in [4.69, 9.17) is 4.42 Å². The molecule has 108 valence electrons. The summed E-state index contributed by atoms with van der Waals surface area (Å²) in [5.74, 6) is 0. The second kappa shape index (κ2) is 5.76. The number of aryl methyl sites for hydroxylation is 3. The fraction of sp³-hybridized carbons (Fsp3) is 0.357. The van der Waals surface area contributed by atoms with Gasteiger partial charge >= 0.3 is 0 Å². The van der Waals surface area contributed by atoms with E-state index in [0.717, 1.165) is 22.4 Å². The van der Waals surface area contributed by atoms with Gasteiger partial charge < -0.3 is 4.42 Å². The molecule has 1 aromatic heterocycles. The first-order valence-corrected chi connectivity index (χ1v) is 7.83. The fourth-order valence-corrected chi connectivity index (χ4v) is 3.82. The number of nitrogens with one attached hydrogen (secondary N) is 1. The summed E-state index contributed by atoms with van der Waals surface area (Å²) >= 11 is 0. The third-order valence-electron chi connectivity index (χ3n) is 3.03. The Morgan fingerprint density at radius 3 is 2.40 bits per heavy atom. The Bertz CT molecular complexity index is 668. The molecule has 0 amide bonds. The fourth-order valence-electron chi connectivity index (χ4n) is 2.34. The summed E-state index contributed by atoms with van der Waals surface area (Å²) in [5.41, 5.74) is 3.31. The molecule has 1 aromatic carbocycles. The Morgan fingerprint density at radius 2 is 1.85 bits per heavy atom. The van der Waals surface area contributed by atoms with Gasteiger partial charge in [-0.05, 0) is 31.9 Å². The van der Waals surface area contributed by atoms with Gasteiger partial charge in [0.25, 0.3) is 0 Å². The van der Waals surface area contributed by atoms with Crippen LogP contribution >= 0.6 is 0 Å². The quantitative estimate of drug-likeness (QED) is 0.917. The van der Waals surface area contributed by atoms with Crippen LogP contribution in [0.1, 0.15) is 22.4 Å². The maximum absolute atomic E-state index is 12.4. The van der Waals surface area contributed by atoms with Gasteiger partial charge in [-0.2, -0.15) is 0 Å². The van der Waals surface area contributed by atoms with Crippen molar-refractivity contribution < 1.29 is 12.8 Å². The van der Waals surface area contributed by atoms with Crippen molar-refractivity contribution in [3.05, 3.63) is 47.2 Å². The average molecular weight is 294 g/mol. The van der Waals surface area contributed by atoms with Crippen LogP contribution in [0.2, 0.25) is 0 Å². The Balaban J connectivity index is 2.14. The molecule has 6 heteroatoms. The number of oxazole rings is 1. The molecule has 0 fully saturated rings. The Morgan fingerprint density at radius 1 is 1.20 bits per heavy atom. The zero-order chi connectivity index (χ0) is 14.8. The SMILES string of the molecule is Cc1cc(C)c(S(=O)(=O)NCCc2cocn2)c(C)c1. The summed E-state index contributed by atoms with van der Waals surface area (Å²) < 4.78 is 32.2. The standard InChI is InChI=1S/C14H18N2O3S/c1-10-6-11(2)14(12(3)7-10)20(17,18)16-5-4-13-8-19-9-15-13/h6-9,16H,4-5H2,1-3H3. The molecule has 0 aliphatic carbocycles. The van der Waals surface area contributed by atoms with Crippen molar-refractivity contribution in [1.29, 1.82) is 0 Å². The van der Waals surface area contributed by atoms with Crippen LogP contribution in [0.3, 0.4) is 0 Å². The molecule has 1 heterocycles. The van der Waals surface area contributed by atoms with Crippen molar-refractivity contribution in [2.75, 3.05) is 6.54 Å². The number of rotatable bonds is 5.